The second kappa shape index (κ2) is 6.21. The van der Waals surface area contributed by atoms with Crippen LogP contribution in [0.15, 0.2) is 15.7 Å². The van der Waals surface area contributed by atoms with Gasteiger partial charge in [-0.15, -0.1) is 0 Å². The number of nitrogens with one attached hydrogen (secondary N) is 4. The van der Waals surface area contributed by atoms with Crippen LogP contribution in [0.1, 0.15) is 30.3 Å². The van der Waals surface area contributed by atoms with Gasteiger partial charge in [-0.1, -0.05) is 6.92 Å². The first-order valence-corrected chi connectivity index (χ1v) is 6.65. The molecule has 0 spiro atoms. The SMILES string of the molecule is CCc1cc(NC(=O)CCc2c(C)[nH]c(=O)[nH]c2=O)n[nH]1. The Labute approximate surface area is 120 Å². The van der Waals surface area contributed by atoms with Crippen LogP contribution in [0.4, 0.5) is 5.82 Å². The van der Waals surface area contributed by atoms with E-state index in [9.17, 15) is 14.4 Å². The van der Waals surface area contributed by atoms with Gasteiger partial charge < -0.3 is 10.3 Å². The van der Waals surface area contributed by atoms with Crippen molar-refractivity contribution in [1.82, 2.24) is 20.2 Å². The molecule has 0 aliphatic heterocycles. The summed E-state index contributed by atoms with van der Waals surface area (Å²) in [4.78, 5) is 39.2. The fraction of sp³-hybridized carbons (Fsp3) is 0.385. The van der Waals surface area contributed by atoms with Gasteiger partial charge in [-0.3, -0.25) is 19.7 Å². The molecule has 0 radical (unpaired) electrons. The van der Waals surface area contributed by atoms with Crippen LogP contribution in [-0.2, 0) is 17.6 Å². The minimum absolute atomic E-state index is 0.129. The van der Waals surface area contributed by atoms with Gasteiger partial charge in [0.1, 0.15) is 0 Å². The predicted octanol–water partition coefficient (Wildman–Crippen LogP) is 0.228. The minimum atomic E-state index is -0.547. The lowest BCUT2D eigenvalue weighted by Crippen LogP contribution is -2.27. The fourth-order valence-electron chi connectivity index (χ4n) is 1.98. The highest BCUT2D eigenvalue weighted by atomic mass is 16.2. The Morgan fingerprint density at radius 3 is 2.71 bits per heavy atom. The number of H-pyrrole nitrogens is 3. The van der Waals surface area contributed by atoms with E-state index in [4.69, 9.17) is 0 Å². The zero-order valence-electron chi connectivity index (χ0n) is 11.9. The van der Waals surface area contributed by atoms with Crippen molar-refractivity contribution < 1.29 is 4.79 Å². The molecule has 2 aromatic heterocycles. The van der Waals surface area contributed by atoms with Crippen molar-refractivity contribution in [2.45, 2.75) is 33.1 Å². The monoisotopic (exact) mass is 291 g/mol. The van der Waals surface area contributed by atoms with Crippen LogP contribution >= 0.6 is 0 Å². The van der Waals surface area contributed by atoms with Gasteiger partial charge >= 0.3 is 5.69 Å². The second-order valence-electron chi connectivity index (χ2n) is 4.69. The molecular weight excluding hydrogens is 274 g/mol. The third-order valence-electron chi connectivity index (χ3n) is 3.14. The van der Waals surface area contributed by atoms with E-state index < -0.39 is 11.2 Å². The lowest BCUT2D eigenvalue weighted by molar-refractivity contribution is -0.116. The minimum Gasteiger partial charge on any atom is -0.311 e. The Kier molecular flexibility index (Phi) is 4.36. The van der Waals surface area contributed by atoms with E-state index in [2.05, 4.69) is 25.5 Å². The summed E-state index contributed by atoms with van der Waals surface area (Å²) in [6.07, 6.45) is 1.17. The van der Waals surface area contributed by atoms with E-state index in [0.29, 0.717) is 17.1 Å². The number of hydrogen-bond donors (Lipinski definition) is 4. The Balaban J connectivity index is 1.98. The maximum Gasteiger partial charge on any atom is 0.325 e. The standard InChI is InChI=1S/C13H17N5O3/c1-3-8-6-10(18-17-8)15-11(19)5-4-9-7(2)14-13(21)16-12(9)20/h6H,3-5H2,1-2H3,(H2,14,16,20,21)(H2,15,17,18,19). The molecule has 2 heterocycles. The van der Waals surface area contributed by atoms with Crippen molar-refractivity contribution in [2.24, 2.45) is 0 Å². The number of rotatable bonds is 5. The van der Waals surface area contributed by atoms with Gasteiger partial charge in [-0.05, 0) is 19.8 Å². The molecule has 0 unspecified atom stereocenters. The quantitative estimate of drug-likeness (QED) is 0.629. The molecule has 0 bridgehead atoms. The van der Waals surface area contributed by atoms with Crippen LogP contribution in [0.3, 0.4) is 0 Å². The number of anilines is 1. The van der Waals surface area contributed by atoms with Gasteiger partial charge in [0.2, 0.25) is 5.91 Å². The normalized spacial score (nSPS) is 10.6. The number of hydrogen-bond acceptors (Lipinski definition) is 4. The highest BCUT2D eigenvalue weighted by molar-refractivity contribution is 5.89. The highest BCUT2D eigenvalue weighted by Crippen LogP contribution is 2.07. The first-order chi connectivity index (χ1) is 9.99. The Morgan fingerprint density at radius 1 is 1.33 bits per heavy atom. The molecule has 0 saturated heterocycles. The molecule has 2 rings (SSSR count). The van der Waals surface area contributed by atoms with Gasteiger partial charge in [-0.25, -0.2) is 4.79 Å². The fourth-order valence-corrected chi connectivity index (χ4v) is 1.98. The smallest absolute Gasteiger partial charge is 0.311 e. The van der Waals surface area contributed by atoms with Crippen molar-refractivity contribution in [3.05, 3.63) is 43.9 Å². The topological polar surface area (TPSA) is 124 Å². The maximum absolute atomic E-state index is 11.8. The number of carbonyl (C=O) groups excluding carboxylic acids is 1. The van der Waals surface area contributed by atoms with E-state index in [1.54, 1.807) is 13.0 Å². The summed E-state index contributed by atoms with van der Waals surface area (Å²) < 4.78 is 0. The van der Waals surface area contributed by atoms with Gasteiger partial charge in [0.15, 0.2) is 5.82 Å². The first kappa shape index (κ1) is 14.8. The van der Waals surface area contributed by atoms with Crippen molar-refractivity contribution in [2.75, 3.05) is 5.32 Å². The van der Waals surface area contributed by atoms with E-state index in [1.165, 1.54) is 0 Å². The summed E-state index contributed by atoms with van der Waals surface area (Å²) in [7, 11) is 0. The maximum atomic E-state index is 11.8. The summed E-state index contributed by atoms with van der Waals surface area (Å²) in [6, 6.07) is 1.76. The lowest BCUT2D eigenvalue weighted by atomic mass is 10.1. The van der Waals surface area contributed by atoms with Gasteiger partial charge in [-0.2, -0.15) is 5.10 Å². The predicted molar refractivity (Wildman–Crippen MR) is 77.3 cm³/mol. The number of aromatic nitrogens is 4. The molecule has 0 saturated carbocycles. The molecule has 0 aliphatic rings. The molecule has 0 fully saturated rings. The first-order valence-electron chi connectivity index (χ1n) is 6.65. The Bertz CT molecular complexity index is 756. The molecule has 0 atom stereocenters. The summed E-state index contributed by atoms with van der Waals surface area (Å²) in [5.74, 6) is 0.220. The zero-order chi connectivity index (χ0) is 15.4. The summed E-state index contributed by atoms with van der Waals surface area (Å²) in [5, 5.41) is 9.41. The summed E-state index contributed by atoms with van der Waals surface area (Å²) in [6.45, 7) is 3.61. The number of nitrogens with zero attached hydrogens (tertiary/aromatic N) is 1. The molecule has 112 valence electrons. The zero-order valence-corrected chi connectivity index (χ0v) is 11.9. The molecular formula is C13H17N5O3. The third kappa shape index (κ3) is 3.68. The number of amides is 1. The van der Waals surface area contributed by atoms with E-state index in [1.807, 2.05) is 6.92 Å². The van der Waals surface area contributed by atoms with Crippen LogP contribution in [0.25, 0.3) is 0 Å². The molecule has 8 nitrogen and oxygen atoms in total. The molecule has 8 heteroatoms. The number of aryl methyl sites for hydroxylation is 2. The molecule has 2 aromatic rings. The molecule has 0 aromatic carbocycles. The average molecular weight is 291 g/mol. The van der Waals surface area contributed by atoms with Crippen LogP contribution in [0.2, 0.25) is 0 Å². The van der Waals surface area contributed by atoms with Crippen molar-refractivity contribution in [3.63, 3.8) is 0 Å². The van der Waals surface area contributed by atoms with Crippen LogP contribution in [0.5, 0.6) is 0 Å². The lowest BCUT2D eigenvalue weighted by Gasteiger charge is -2.04. The molecule has 0 aliphatic carbocycles. The van der Waals surface area contributed by atoms with E-state index in [-0.39, 0.29) is 18.7 Å². The average Bonchev–Trinajstić information content (AvgIpc) is 2.85. The van der Waals surface area contributed by atoms with Crippen molar-refractivity contribution >= 4 is 11.7 Å². The number of aromatic amines is 3. The summed E-state index contributed by atoms with van der Waals surface area (Å²) >= 11 is 0. The van der Waals surface area contributed by atoms with Gasteiger partial charge in [0.05, 0.1) is 0 Å². The van der Waals surface area contributed by atoms with Crippen molar-refractivity contribution in [1.29, 1.82) is 0 Å². The van der Waals surface area contributed by atoms with Gasteiger partial charge in [0.25, 0.3) is 5.56 Å². The third-order valence-corrected chi connectivity index (χ3v) is 3.14. The van der Waals surface area contributed by atoms with Gasteiger partial charge in [0, 0.05) is 29.4 Å². The van der Waals surface area contributed by atoms with E-state index >= 15 is 0 Å². The van der Waals surface area contributed by atoms with Crippen LogP contribution in [-0.4, -0.2) is 26.1 Å². The largest absolute Gasteiger partial charge is 0.325 e. The van der Waals surface area contributed by atoms with Crippen molar-refractivity contribution in [3.8, 4) is 0 Å². The summed E-state index contributed by atoms with van der Waals surface area (Å²) in [5.41, 5.74) is 0.801. The number of carbonyl (C=O) groups is 1. The molecule has 4 N–H and O–H groups in total. The Hall–Kier alpha value is -2.64. The molecule has 1 amide bonds. The second-order valence-corrected chi connectivity index (χ2v) is 4.69. The van der Waals surface area contributed by atoms with Crippen LogP contribution in [0, 0.1) is 6.92 Å². The van der Waals surface area contributed by atoms with E-state index in [0.717, 1.165) is 12.1 Å². The highest BCUT2D eigenvalue weighted by Gasteiger charge is 2.10. The molecule has 21 heavy (non-hydrogen) atoms. The Morgan fingerprint density at radius 2 is 2.10 bits per heavy atom. The van der Waals surface area contributed by atoms with Crippen LogP contribution < -0.4 is 16.6 Å².